The molecule has 1 fully saturated rings. The van der Waals surface area contributed by atoms with Gasteiger partial charge >= 0.3 is 0 Å². The maximum atomic E-state index is 12.0. The van der Waals surface area contributed by atoms with Gasteiger partial charge in [0.25, 0.3) is 9.70 Å². The molecule has 1 amide bonds. The fourth-order valence-electron chi connectivity index (χ4n) is 6.47. The third-order valence-corrected chi connectivity index (χ3v) is 10.2. The highest BCUT2D eigenvalue weighted by atomic mass is 35.6. The van der Waals surface area contributed by atoms with Crippen LogP contribution in [0.4, 0.5) is 0 Å². The number of halogens is 3. The number of nitrogens with zero attached hydrogens (tertiary/aromatic N) is 1. The van der Waals surface area contributed by atoms with Gasteiger partial charge in [-0.15, -0.1) is 0 Å². The number of amides is 1. The quantitative estimate of drug-likeness (QED) is 0.140. The maximum absolute atomic E-state index is 12.0. The molecular weight excluding hydrogens is 691 g/mol. The van der Waals surface area contributed by atoms with Gasteiger partial charge < -0.3 is 19.9 Å². The Balaban J connectivity index is 1.22. The van der Waals surface area contributed by atoms with Crippen molar-refractivity contribution in [3.63, 3.8) is 0 Å². The SMILES string of the molecule is C[C@H]1[C@@H](CN(C)[C@H](C)c2ccc3ccccc3c2)O[C@@H](c2ccc(-c3cccc(CNC(=O)C(Cl)(Cl)Cl)c3)cc2)O[C@H]1c1ccc(CO)cc1. The van der Waals surface area contributed by atoms with E-state index >= 15 is 0 Å². The number of benzene rings is 5. The Hall–Kier alpha value is -3.46. The third kappa shape index (κ3) is 8.52. The van der Waals surface area contributed by atoms with E-state index in [1.807, 2.05) is 72.8 Å². The molecule has 1 heterocycles. The molecule has 6 rings (SSSR count). The van der Waals surface area contributed by atoms with Gasteiger partial charge in [0.2, 0.25) is 0 Å². The van der Waals surface area contributed by atoms with Crippen LogP contribution in [0.15, 0.2) is 115 Å². The summed E-state index contributed by atoms with van der Waals surface area (Å²) < 4.78 is 11.5. The van der Waals surface area contributed by atoms with Crippen LogP contribution in [0.1, 0.15) is 60.1 Å². The maximum Gasteiger partial charge on any atom is 0.272 e. The summed E-state index contributed by atoms with van der Waals surface area (Å²) in [6.45, 7) is 5.35. The largest absolute Gasteiger partial charge is 0.392 e. The second-order valence-corrected chi connectivity index (χ2v) is 15.3. The van der Waals surface area contributed by atoms with E-state index in [4.69, 9.17) is 44.3 Å². The minimum absolute atomic E-state index is 0.00791. The molecular formula is C41H41Cl3N2O4. The van der Waals surface area contributed by atoms with Gasteiger partial charge in [0.05, 0.1) is 18.8 Å². The number of hydrogen-bond donors (Lipinski definition) is 2. The van der Waals surface area contributed by atoms with Crippen LogP contribution in [0, 0.1) is 5.92 Å². The average molecular weight is 732 g/mol. The van der Waals surface area contributed by atoms with Crippen molar-refractivity contribution < 1.29 is 19.4 Å². The van der Waals surface area contributed by atoms with Crippen molar-refractivity contribution in [2.75, 3.05) is 13.6 Å². The molecule has 2 N–H and O–H groups in total. The van der Waals surface area contributed by atoms with Crippen molar-refractivity contribution >= 4 is 51.5 Å². The van der Waals surface area contributed by atoms with E-state index in [9.17, 15) is 9.90 Å². The Bertz CT molecular complexity index is 1910. The lowest BCUT2D eigenvalue weighted by Crippen LogP contribution is -2.44. The molecule has 0 aromatic heterocycles. The summed E-state index contributed by atoms with van der Waals surface area (Å²) >= 11 is 17.1. The third-order valence-electron chi connectivity index (χ3n) is 9.66. The van der Waals surface area contributed by atoms with Crippen molar-refractivity contribution in [3.8, 4) is 11.1 Å². The lowest BCUT2D eigenvalue weighted by Gasteiger charge is -2.43. The van der Waals surface area contributed by atoms with Crippen molar-refractivity contribution in [1.82, 2.24) is 10.2 Å². The topological polar surface area (TPSA) is 71.0 Å². The van der Waals surface area contributed by atoms with E-state index < -0.39 is 16.0 Å². The zero-order valence-electron chi connectivity index (χ0n) is 28.2. The van der Waals surface area contributed by atoms with Gasteiger partial charge in [0.15, 0.2) is 6.29 Å². The molecule has 1 saturated heterocycles. The number of ether oxygens (including phenoxy) is 2. The van der Waals surface area contributed by atoms with Crippen molar-refractivity contribution in [2.24, 2.45) is 5.92 Å². The Morgan fingerprint density at radius 1 is 0.820 bits per heavy atom. The van der Waals surface area contributed by atoms with Crippen LogP contribution in [0.5, 0.6) is 0 Å². The standard InChI is InChI=1S/C41H41Cl3N2O4/c1-26-37(24-46(3)27(2)34-20-17-30-8-4-5-9-36(30)22-34)49-39(50-38(26)32-13-11-28(25-47)12-14-32)33-18-15-31(16-19-33)35-10-6-7-29(21-35)23-45-40(48)41(42,43)44/h4-22,26-27,37-39,47H,23-25H2,1-3H3,(H,45,48)/t26-,27+,37+,38+,39+/m0/s1. The highest BCUT2D eigenvalue weighted by Crippen LogP contribution is 2.42. The molecule has 5 aromatic carbocycles. The van der Waals surface area contributed by atoms with E-state index in [0.717, 1.165) is 33.4 Å². The van der Waals surface area contributed by atoms with E-state index in [0.29, 0.717) is 6.54 Å². The smallest absolute Gasteiger partial charge is 0.272 e. The van der Waals surface area contributed by atoms with Crippen molar-refractivity contribution in [3.05, 3.63) is 143 Å². The van der Waals surface area contributed by atoms with Crippen LogP contribution >= 0.6 is 34.8 Å². The van der Waals surface area contributed by atoms with Crippen LogP contribution in [-0.2, 0) is 27.4 Å². The molecule has 50 heavy (non-hydrogen) atoms. The van der Waals surface area contributed by atoms with Crippen LogP contribution in [0.25, 0.3) is 21.9 Å². The number of nitrogens with one attached hydrogen (secondary N) is 1. The van der Waals surface area contributed by atoms with Gasteiger partial charge in [0.1, 0.15) is 0 Å². The number of aliphatic hydroxyl groups is 1. The van der Waals surface area contributed by atoms with E-state index in [2.05, 4.69) is 73.6 Å². The number of hydrogen-bond acceptors (Lipinski definition) is 5. The van der Waals surface area contributed by atoms with Crippen LogP contribution < -0.4 is 5.32 Å². The van der Waals surface area contributed by atoms with Gasteiger partial charge in [-0.1, -0.05) is 145 Å². The molecule has 0 unspecified atom stereocenters. The second kappa shape index (κ2) is 15.8. The lowest BCUT2D eigenvalue weighted by atomic mass is 9.89. The van der Waals surface area contributed by atoms with E-state index in [1.165, 1.54) is 16.3 Å². The van der Waals surface area contributed by atoms with E-state index in [-0.39, 0.29) is 37.3 Å². The lowest BCUT2D eigenvalue weighted by molar-refractivity contribution is -0.276. The normalized spacial score (nSPS) is 20.2. The minimum Gasteiger partial charge on any atom is -0.392 e. The summed E-state index contributed by atoms with van der Waals surface area (Å²) in [5.74, 6) is -0.615. The minimum atomic E-state index is -2.01. The number of alkyl halides is 3. The molecule has 5 aromatic rings. The van der Waals surface area contributed by atoms with Gasteiger partial charge in [-0.3, -0.25) is 9.69 Å². The molecule has 0 spiro atoms. The molecule has 6 nitrogen and oxygen atoms in total. The van der Waals surface area contributed by atoms with Gasteiger partial charge in [-0.05, 0) is 70.3 Å². The highest BCUT2D eigenvalue weighted by Gasteiger charge is 2.39. The Morgan fingerprint density at radius 2 is 1.52 bits per heavy atom. The summed E-state index contributed by atoms with van der Waals surface area (Å²) in [4.78, 5) is 14.4. The van der Waals surface area contributed by atoms with Crippen LogP contribution in [-0.4, -0.2) is 39.4 Å². The number of fused-ring (bicyclic) bond motifs is 1. The highest BCUT2D eigenvalue weighted by molar-refractivity contribution is 6.76. The summed E-state index contributed by atoms with van der Waals surface area (Å²) in [6, 6.07) is 39.3. The predicted octanol–water partition coefficient (Wildman–Crippen LogP) is 9.47. The number of carbonyl (C=O) groups is 1. The molecule has 5 atom stereocenters. The Morgan fingerprint density at radius 3 is 2.22 bits per heavy atom. The average Bonchev–Trinajstić information content (AvgIpc) is 3.14. The monoisotopic (exact) mass is 730 g/mol. The van der Waals surface area contributed by atoms with Gasteiger partial charge in [-0.25, -0.2) is 0 Å². The Kier molecular flexibility index (Phi) is 11.5. The molecule has 1 aliphatic heterocycles. The zero-order valence-corrected chi connectivity index (χ0v) is 30.5. The molecule has 0 bridgehead atoms. The number of carbonyl (C=O) groups excluding carboxylic acids is 1. The summed E-state index contributed by atoms with van der Waals surface area (Å²) in [6.07, 6.45) is -0.917. The number of rotatable bonds is 10. The predicted molar refractivity (Wildman–Crippen MR) is 202 cm³/mol. The van der Waals surface area contributed by atoms with Gasteiger partial charge in [-0.2, -0.15) is 0 Å². The van der Waals surface area contributed by atoms with E-state index in [1.54, 1.807) is 0 Å². The first kappa shape index (κ1) is 36.3. The molecule has 1 aliphatic rings. The first-order valence-electron chi connectivity index (χ1n) is 16.7. The fourth-order valence-corrected chi connectivity index (χ4v) is 6.67. The first-order chi connectivity index (χ1) is 24.0. The molecule has 0 aliphatic carbocycles. The fraction of sp³-hybridized carbons (Fsp3) is 0.293. The van der Waals surface area contributed by atoms with Crippen molar-refractivity contribution in [2.45, 2.75) is 55.3 Å². The summed E-state index contributed by atoms with van der Waals surface area (Å²) in [7, 11) is 2.15. The zero-order chi connectivity index (χ0) is 35.4. The van der Waals surface area contributed by atoms with Crippen LogP contribution in [0.2, 0.25) is 0 Å². The molecule has 0 radical (unpaired) electrons. The van der Waals surface area contributed by atoms with Crippen molar-refractivity contribution in [1.29, 1.82) is 0 Å². The number of aliphatic hydroxyl groups excluding tert-OH is 1. The van der Waals surface area contributed by atoms with Gasteiger partial charge in [0, 0.05) is 30.6 Å². The Labute approximate surface area is 308 Å². The summed E-state index contributed by atoms with van der Waals surface area (Å²) in [5, 5.41) is 14.8. The van der Waals surface area contributed by atoms with Crippen LogP contribution in [0.3, 0.4) is 0 Å². The number of likely N-dealkylation sites (N-methyl/N-ethyl adjacent to an activating group) is 1. The first-order valence-corrected chi connectivity index (χ1v) is 17.9. The molecule has 0 saturated carbocycles. The second-order valence-electron chi connectivity index (χ2n) is 13.0. The molecule has 260 valence electrons. The summed E-state index contributed by atoms with van der Waals surface area (Å²) in [5.41, 5.74) is 6.95. The molecule has 9 heteroatoms.